The summed E-state index contributed by atoms with van der Waals surface area (Å²) in [5.74, 6) is 0. The van der Waals surface area contributed by atoms with Crippen molar-refractivity contribution in [2.45, 2.75) is 13.3 Å². The van der Waals surface area contributed by atoms with Gasteiger partial charge in [-0.2, -0.15) is 0 Å². The topological polar surface area (TPSA) is 63.4 Å². The summed E-state index contributed by atoms with van der Waals surface area (Å²) < 4.78 is 0. The maximum Gasteiger partial charge on any atom is 0.272 e. The van der Waals surface area contributed by atoms with Crippen LogP contribution in [-0.2, 0) is 0 Å². The van der Waals surface area contributed by atoms with Crippen molar-refractivity contribution >= 4 is 11.8 Å². The Bertz CT molecular complexity index is 385. The molecule has 0 bridgehead atoms. The number of aryl methyl sites for hydroxylation is 1. The minimum absolute atomic E-state index is 0.114. The van der Waals surface area contributed by atoms with Crippen molar-refractivity contribution in [2.24, 2.45) is 0 Å². The Morgan fingerprint density at radius 3 is 2.80 bits per heavy atom. The summed E-state index contributed by atoms with van der Waals surface area (Å²) in [6.45, 7) is 1.82. The van der Waals surface area contributed by atoms with E-state index >= 15 is 0 Å². The lowest BCUT2D eigenvalue weighted by atomic mass is 10.1. The summed E-state index contributed by atoms with van der Waals surface area (Å²) in [6.07, 6.45) is 4.27. The van der Waals surface area contributed by atoms with Crippen molar-refractivity contribution in [3.63, 3.8) is 0 Å². The van der Waals surface area contributed by atoms with E-state index in [9.17, 15) is 10.1 Å². The lowest BCUT2D eigenvalue weighted by Crippen LogP contribution is -1.91. The lowest BCUT2D eigenvalue weighted by molar-refractivity contribution is -0.385. The van der Waals surface area contributed by atoms with Crippen LogP contribution in [0, 0.1) is 17.0 Å². The Balaban J connectivity index is 2.87. The molecule has 1 rings (SSSR count). The molecule has 1 N–H and O–H groups in total. The molecule has 0 heterocycles. The van der Waals surface area contributed by atoms with Crippen LogP contribution in [0.5, 0.6) is 0 Å². The highest BCUT2D eigenvalue weighted by Crippen LogP contribution is 2.19. The standard InChI is InChI=1S/C11H13NO3/c1-9-8-10(4-2-3-7-13)5-6-11(9)12(14)15/h2,4-6,8,13H,3,7H2,1H3. The van der Waals surface area contributed by atoms with Gasteiger partial charge in [0, 0.05) is 18.2 Å². The van der Waals surface area contributed by atoms with E-state index in [1.54, 1.807) is 19.1 Å². The predicted octanol–water partition coefficient (Wildman–Crippen LogP) is 2.30. The van der Waals surface area contributed by atoms with Crippen LogP contribution < -0.4 is 0 Å². The first-order valence-electron chi connectivity index (χ1n) is 4.67. The van der Waals surface area contributed by atoms with Crippen molar-refractivity contribution in [1.82, 2.24) is 0 Å². The molecule has 4 heteroatoms. The molecule has 0 radical (unpaired) electrons. The van der Waals surface area contributed by atoms with Gasteiger partial charge in [-0.15, -0.1) is 0 Å². The zero-order chi connectivity index (χ0) is 11.3. The number of nitro benzene ring substituents is 1. The summed E-state index contributed by atoms with van der Waals surface area (Å²) in [5.41, 5.74) is 1.69. The molecule has 0 aliphatic rings. The van der Waals surface area contributed by atoms with Crippen molar-refractivity contribution in [1.29, 1.82) is 0 Å². The van der Waals surface area contributed by atoms with Gasteiger partial charge >= 0.3 is 0 Å². The van der Waals surface area contributed by atoms with Crippen molar-refractivity contribution in [3.05, 3.63) is 45.5 Å². The average molecular weight is 207 g/mol. The van der Waals surface area contributed by atoms with Gasteiger partial charge in [-0.05, 0) is 31.0 Å². The fourth-order valence-electron chi connectivity index (χ4n) is 1.28. The Labute approximate surface area is 88.0 Å². The monoisotopic (exact) mass is 207 g/mol. The highest BCUT2D eigenvalue weighted by atomic mass is 16.6. The third-order valence-corrected chi connectivity index (χ3v) is 2.02. The number of benzene rings is 1. The maximum absolute atomic E-state index is 10.5. The second-order valence-electron chi connectivity index (χ2n) is 3.22. The zero-order valence-electron chi connectivity index (χ0n) is 8.51. The second-order valence-corrected chi connectivity index (χ2v) is 3.22. The molecule has 0 aromatic heterocycles. The normalized spacial score (nSPS) is 10.8. The lowest BCUT2D eigenvalue weighted by Gasteiger charge is -1.98. The number of hydrogen-bond donors (Lipinski definition) is 1. The van der Waals surface area contributed by atoms with Crippen LogP contribution in [0.1, 0.15) is 17.5 Å². The molecular weight excluding hydrogens is 194 g/mol. The number of hydrogen-bond acceptors (Lipinski definition) is 3. The SMILES string of the molecule is Cc1cc(C=CCCO)ccc1[N+](=O)[O-]. The van der Waals surface area contributed by atoms with Gasteiger partial charge < -0.3 is 5.11 Å². The van der Waals surface area contributed by atoms with Crippen LogP contribution in [0.2, 0.25) is 0 Å². The molecule has 15 heavy (non-hydrogen) atoms. The van der Waals surface area contributed by atoms with E-state index < -0.39 is 4.92 Å². The molecule has 1 aromatic rings. The van der Waals surface area contributed by atoms with Crippen LogP contribution in [0.15, 0.2) is 24.3 Å². The largest absolute Gasteiger partial charge is 0.396 e. The van der Waals surface area contributed by atoms with Crippen LogP contribution in [0.25, 0.3) is 6.08 Å². The summed E-state index contributed by atoms with van der Waals surface area (Å²) in [6, 6.07) is 4.94. The smallest absolute Gasteiger partial charge is 0.272 e. The summed E-state index contributed by atoms with van der Waals surface area (Å²) in [7, 11) is 0. The minimum Gasteiger partial charge on any atom is -0.396 e. The molecule has 0 fully saturated rings. The van der Waals surface area contributed by atoms with E-state index in [1.165, 1.54) is 6.07 Å². The molecule has 4 nitrogen and oxygen atoms in total. The highest BCUT2D eigenvalue weighted by molar-refractivity contribution is 5.54. The molecule has 0 saturated carbocycles. The van der Waals surface area contributed by atoms with Crippen LogP contribution in [0.3, 0.4) is 0 Å². The van der Waals surface area contributed by atoms with E-state index in [2.05, 4.69) is 0 Å². The molecule has 0 amide bonds. The highest BCUT2D eigenvalue weighted by Gasteiger charge is 2.08. The maximum atomic E-state index is 10.5. The van der Waals surface area contributed by atoms with Gasteiger partial charge in [-0.1, -0.05) is 12.2 Å². The molecule has 0 aliphatic heterocycles. The molecular formula is C11H13NO3. The van der Waals surface area contributed by atoms with Gasteiger partial charge in [0.2, 0.25) is 0 Å². The summed E-state index contributed by atoms with van der Waals surface area (Å²) >= 11 is 0. The molecule has 1 aromatic carbocycles. The third kappa shape index (κ3) is 3.18. The minimum atomic E-state index is -0.392. The van der Waals surface area contributed by atoms with E-state index in [-0.39, 0.29) is 12.3 Å². The number of rotatable bonds is 4. The van der Waals surface area contributed by atoms with Gasteiger partial charge in [0.1, 0.15) is 0 Å². The van der Waals surface area contributed by atoms with Gasteiger partial charge in [-0.25, -0.2) is 0 Å². The Hall–Kier alpha value is -1.68. The van der Waals surface area contributed by atoms with Crippen LogP contribution in [-0.4, -0.2) is 16.6 Å². The molecule has 0 unspecified atom stereocenters. The summed E-state index contributed by atoms with van der Waals surface area (Å²) in [5, 5.41) is 19.1. The average Bonchev–Trinajstić information content (AvgIpc) is 2.17. The predicted molar refractivity (Wildman–Crippen MR) is 58.6 cm³/mol. The fraction of sp³-hybridized carbons (Fsp3) is 0.273. The first-order valence-corrected chi connectivity index (χ1v) is 4.67. The van der Waals surface area contributed by atoms with Crippen LogP contribution in [0.4, 0.5) is 5.69 Å². The Kier molecular flexibility index (Phi) is 4.00. The quantitative estimate of drug-likeness (QED) is 0.608. The van der Waals surface area contributed by atoms with Crippen molar-refractivity contribution in [3.8, 4) is 0 Å². The van der Waals surface area contributed by atoms with Gasteiger partial charge in [-0.3, -0.25) is 10.1 Å². The van der Waals surface area contributed by atoms with E-state index in [4.69, 9.17) is 5.11 Å². The first kappa shape index (κ1) is 11.4. The Morgan fingerprint density at radius 2 is 2.27 bits per heavy atom. The molecule has 0 saturated heterocycles. The summed E-state index contributed by atoms with van der Waals surface area (Å²) in [4.78, 5) is 10.2. The molecule has 0 aliphatic carbocycles. The van der Waals surface area contributed by atoms with E-state index in [0.29, 0.717) is 12.0 Å². The second kappa shape index (κ2) is 5.26. The number of nitro groups is 1. The number of aliphatic hydroxyl groups excluding tert-OH is 1. The third-order valence-electron chi connectivity index (χ3n) is 2.02. The van der Waals surface area contributed by atoms with Crippen molar-refractivity contribution in [2.75, 3.05) is 6.61 Å². The van der Waals surface area contributed by atoms with E-state index in [0.717, 1.165) is 5.56 Å². The Morgan fingerprint density at radius 1 is 1.53 bits per heavy atom. The fourth-order valence-corrected chi connectivity index (χ4v) is 1.28. The van der Waals surface area contributed by atoms with Crippen LogP contribution >= 0.6 is 0 Å². The molecule has 0 spiro atoms. The number of aliphatic hydroxyl groups is 1. The van der Waals surface area contributed by atoms with Gasteiger partial charge in [0.25, 0.3) is 5.69 Å². The van der Waals surface area contributed by atoms with Crippen molar-refractivity contribution < 1.29 is 10.0 Å². The molecule has 0 atom stereocenters. The zero-order valence-corrected chi connectivity index (χ0v) is 8.51. The van der Waals surface area contributed by atoms with E-state index in [1.807, 2.05) is 12.2 Å². The first-order chi connectivity index (χ1) is 7.15. The molecule has 80 valence electrons. The van der Waals surface area contributed by atoms with Gasteiger partial charge in [0.05, 0.1) is 4.92 Å². The number of nitrogens with zero attached hydrogens (tertiary/aromatic N) is 1. The van der Waals surface area contributed by atoms with Gasteiger partial charge in [0.15, 0.2) is 0 Å².